The van der Waals surface area contributed by atoms with Gasteiger partial charge in [-0.15, -0.1) is 0 Å². The molecule has 0 saturated carbocycles. The van der Waals surface area contributed by atoms with Crippen LogP contribution in [-0.2, 0) is 0 Å². The number of hydrogen-bond donors (Lipinski definition) is 0. The zero-order valence-electron chi connectivity index (χ0n) is 20.9. The summed E-state index contributed by atoms with van der Waals surface area (Å²) in [5, 5.41) is 0. The lowest BCUT2D eigenvalue weighted by Gasteiger charge is -2.40. The molecule has 3 heterocycles. The van der Waals surface area contributed by atoms with E-state index in [0.29, 0.717) is 25.0 Å². The van der Waals surface area contributed by atoms with Crippen LogP contribution in [0.1, 0.15) is 68.0 Å². The molecule has 0 aromatic heterocycles. The number of rotatable bonds is 6. The van der Waals surface area contributed by atoms with Crippen molar-refractivity contribution < 1.29 is 31.1 Å². The molecule has 3 atom stereocenters. The number of halogens is 6. The lowest BCUT2D eigenvalue weighted by atomic mass is 9.76. The molecule has 4 aliphatic rings. The SMILES string of the molecule is FC(F)(F)C1=CC(C(F)(F)F)CC([C@H]2CN3CCC[C@H]3c3cc(OCCCN4CCCCC4)ccc32)=C1. The van der Waals surface area contributed by atoms with E-state index in [2.05, 4.69) is 9.80 Å². The number of nitrogens with zero attached hydrogens (tertiary/aromatic N) is 2. The molecule has 204 valence electrons. The van der Waals surface area contributed by atoms with E-state index in [-0.39, 0.29) is 11.6 Å². The van der Waals surface area contributed by atoms with Crippen molar-refractivity contribution in [3.8, 4) is 5.75 Å². The zero-order valence-corrected chi connectivity index (χ0v) is 20.9. The Hall–Kier alpha value is -2.00. The molecule has 5 rings (SSSR count). The van der Waals surface area contributed by atoms with E-state index >= 15 is 0 Å². The Bertz CT molecular complexity index is 1020. The fraction of sp³-hybridized carbons (Fsp3) is 0.643. The number of hydrogen-bond acceptors (Lipinski definition) is 3. The molecule has 0 spiro atoms. The summed E-state index contributed by atoms with van der Waals surface area (Å²) in [4.78, 5) is 4.67. The van der Waals surface area contributed by atoms with Crippen molar-refractivity contribution in [1.82, 2.24) is 9.80 Å². The van der Waals surface area contributed by atoms with Crippen LogP contribution < -0.4 is 4.74 Å². The molecule has 3 nitrogen and oxygen atoms in total. The minimum absolute atomic E-state index is 0.128. The molecule has 3 aliphatic heterocycles. The first-order chi connectivity index (χ1) is 17.6. The number of likely N-dealkylation sites (tertiary alicyclic amines) is 1. The Labute approximate surface area is 214 Å². The number of piperidine rings is 1. The third kappa shape index (κ3) is 6.03. The van der Waals surface area contributed by atoms with Gasteiger partial charge >= 0.3 is 12.4 Å². The van der Waals surface area contributed by atoms with Crippen molar-refractivity contribution in [3.05, 3.63) is 52.6 Å². The molecule has 9 heteroatoms. The van der Waals surface area contributed by atoms with Gasteiger partial charge in [0, 0.05) is 25.0 Å². The molecular formula is C28H34F6N2O. The average molecular weight is 529 g/mol. The van der Waals surface area contributed by atoms with E-state index in [1.165, 1.54) is 19.3 Å². The highest BCUT2D eigenvalue weighted by atomic mass is 19.4. The molecule has 1 unspecified atom stereocenters. The Morgan fingerprint density at radius 1 is 0.919 bits per heavy atom. The predicted octanol–water partition coefficient (Wildman–Crippen LogP) is 7.17. The number of allylic oxidation sites excluding steroid dienone is 3. The first kappa shape index (κ1) is 26.6. The Kier molecular flexibility index (Phi) is 7.65. The van der Waals surface area contributed by atoms with Crippen molar-refractivity contribution >= 4 is 0 Å². The van der Waals surface area contributed by atoms with Gasteiger partial charge in [0.1, 0.15) is 5.75 Å². The van der Waals surface area contributed by atoms with Gasteiger partial charge < -0.3 is 9.64 Å². The Morgan fingerprint density at radius 2 is 1.70 bits per heavy atom. The smallest absolute Gasteiger partial charge is 0.416 e. The standard InChI is InChI=1S/C28H34F6N2O/c29-27(30,31)20-14-19(15-21(16-20)28(32,33)34)25-18-36-12-4-6-26(36)24-17-22(7-8-23(24)25)37-13-5-11-35-9-2-1-3-10-35/h7-8,14,16-17,21,25-26H,1-6,9-13,15,18H2/t21?,25-,26+/m1/s1. The first-order valence-electron chi connectivity index (χ1n) is 13.4. The maximum absolute atomic E-state index is 13.6. The molecule has 1 aromatic carbocycles. The number of benzene rings is 1. The third-order valence-electron chi connectivity index (χ3n) is 8.28. The van der Waals surface area contributed by atoms with E-state index in [9.17, 15) is 26.3 Å². The maximum Gasteiger partial charge on any atom is 0.416 e. The summed E-state index contributed by atoms with van der Waals surface area (Å²) in [6.07, 6.45) is -2.13. The first-order valence-corrected chi connectivity index (χ1v) is 13.4. The second-order valence-corrected chi connectivity index (χ2v) is 10.8. The minimum atomic E-state index is -4.82. The molecule has 37 heavy (non-hydrogen) atoms. The van der Waals surface area contributed by atoms with Gasteiger partial charge in [-0.2, -0.15) is 26.3 Å². The highest BCUT2D eigenvalue weighted by Gasteiger charge is 2.46. The summed E-state index contributed by atoms with van der Waals surface area (Å²) >= 11 is 0. The van der Waals surface area contributed by atoms with E-state index in [0.717, 1.165) is 62.6 Å². The molecule has 0 amide bonds. The zero-order chi connectivity index (χ0) is 26.2. The largest absolute Gasteiger partial charge is 0.494 e. The molecule has 0 bridgehead atoms. The molecule has 2 saturated heterocycles. The monoisotopic (exact) mass is 528 g/mol. The van der Waals surface area contributed by atoms with E-state index in [1.807, 2.05) is 18.2 Å². The second kappa shape index (κ2) is 10.6. The lowest BCUT2D eigenvalue weighted by Crippen LogP contribution is -2.36. The van der Waals surface area contributed by atoms with Gasteiger partial charge in [0.2, 0.25) is 0 Å². The molecular weight excluding hydrogens is 494 g/mol. The normalized spacial score (nSPS) is 27.4. The summed E-state index contributed by atoms with van der Waals surface area (Å²) in [5.74, 6) is -1.92. The van der Waals surface area contributed by atoms with Crippen molar-refractivity contribution in [2.75, 3.05) is 39.3 Å². The summed E-state index contributed by atoms with van der Waals surface area (Å²) in [6.45, 7) is 5.06. The van der Waals surface area contributed by atoms with Crippen LogP contribution in [0.15, 0.2) is 41.5 Å². The van der Waals surface area contributed by atoms with Crippen LogP contribution in [0.25, 0.3) is 0 Å². The quantitative estimate of drug-likeness (QED) is 0.288. The van der Waals surface area contributed by atoms with Gasteiger partial charge in [-0.25, -0.2) is 0 Å². The van der Waals surface area contributed by atoms with Gasteiger partial charge in [-0.3, -0.25) is 4.90 Å². The molecule has 0 radical (unpaired) electrons. The van der Waals surface area contributed by atoms with Crippen LogP contribution in [0, 0.1) is 5.92 Å². The van der Waals surface area contributed by atoms with Gasteiger partial charge in [-0.1, -0.05) is 30.2 Å². The minimum Gasteiger partial charge on any atom is -0.494 e. The molecule has 0 N–H and O–H groups in total. The van der Waals surface area contributed by atoms with Crippen molar-refractivity contribution in [2.45, 2.75) is 69.3 Å². The fourth-order valence-corrected chi connectivity index (χ4v) is 6.42. The highest BCUT2D eigenvalue weighted by Crippen LogP contribution is 2.49. The van der Waals surface area contributed by atoms with Crippen LogP contribution in [0.4, 0.5) is 26.3 Å². The van der Waals surface area contributed by atoms with Gasteiger partial charge in [-0.05, 0) is 81.4 Å². The highest BCUT2D eigenvalue weighted by molar-refractivity contribution is 5.48. The Balaban J connectivity index is 1.36. The number of fused-ring (bicyclic) bond motifs is 3. The lowest BCUT2D eigenvalue weighted by molar-refractivity contribution is -0.162. The summed E-state index contributed by atoms with van der Waals surface area (Å²) in [7, 11) is 0. The van der Waals surface area contributed by atoms with Crippen molar-refractivity contribution in [1.29, 1.82) is 0 Å². The Morgan fingerprint density at radius 3 is 2.43 bits per heavy atom. The van der Waals surface area contributed by atoms with E-state index in [4.69, 9.17) is 4.74 Å². The third-order valence-corrected chi connectivity index (χ3v) is 8.28. The number of ether oxygens (including phenoxy) is 1. The summed E-state index contributed by atoms with van der Waals surface area (Å²) in [6, 6.07) is 5.78. The fourth-order valence-electron chi connectivity index (χ4n) is 6.42. The predicted molar refractivity (Wildman–Crippen MR) is 130 cm³/mol. The van der Waals surface area contributed by atoms with Crippen molar-refractivity contribution in [3.63, 3.8) is 0 Å². The molecule has 1 aromatic rings. The summed E-state index contributed by atoms with van der Waals surface area (Å²) in [5.41, 5.74) is 0.822. The van der Waals surface area contributed by atoms with Crippen LogP contribution in [-0.4, -0.2) is 61.5 Å². The number of alkyl halides is 6. The second-order valence-electron chi connectivity index (χ2n) is 10.8. The van der Waals surface area contributed by atoms with E-state index < -0.39 is 36.2 Å². The van der Waals surface area contributed by atoms with Crippen LogP contribution in [0.3, 0.4) is 0 Å². The average Bonchev–Trinajstić information content (AvgIpc) is 3.34. The summed E-state index contributed by atoms with van der Waals surface area (Å²) < 4.78 is 87.6. The molecule has 2 fully saturated rings. The van der Waals surface area contributed by atoms with Gasteiger partial charge in [0.05, 0.1) is 18.1 Å². The van der Waals surface area contributed by atoms with Crippen LogP contribution in [0.2, 0.25) is 0 Å². The van der Waals surface area contributed by atoms with Crippen LogP contribution >= 0.6 is 0 Å². The van der Waals surface area contributed by atoms with E-state index in [1.54, 1.807) is 0 Å². The van der Waals surface area contributed by atoms with Gasteiger partial charge in [0.25, 0.3) is 0 Å². The van der Waals surface area contributed by atoms with Crippen LogP contribution in [0.5, 0.6) is 5.75 Å². The molecule has 1 aliphatic carbocycles. The van der Waals surface area contributed by atoms with Crippen molar-refractivity contribution in [2.24, 2.45) is 5.92 Å². The maximum atomic E-state index is 13.6. The topological polar surface area (TPSA) is 15.7 Å². The van der Waals surface area contributed by atoms with Gasteiger partial charge in [0.15, 0.2) is 0 Å².